The molecule has 0 saturated heterocycles. The summed E-state index contributed by atoms with van der Waals surface area (Å²) in [5, 5.41) is 0. The van der Waals surface area contributed by atoms with Crippen LogP contribution in [-0.2, 0) is 10.0 Å². The lowest BCUT2D eigenvalue weighted by atomic mass is 10.1. The van der Waals surface area contributed by atoms with Gasteiger partial charge >= 0.3 is 0 Å². The summed E-state index contributed by atoms with van der Waals surface area (Å²) in [6.45, 7) is 3.71. The number of hydrogen-bond donors (Lipinski definition) is 2. The monoisotopic (exact) mass is 288 g/mol. The van der Waals surface area contributed by atoms with Gasteiger partial charge in [0.15, 0.2) is 0 Å². The Hall–Kier alpha value is -0.560. The minimum atomic E-state index is -3.43. The van der Waals surface area contributed by atoms with Crippen LogP contribution in [0.15, 0.2) is 29.2 Å². The second kappa shape index (κ2) is 6.56. The number of benzene rings is 1. The van der Waals surface area contributed by atoms with Crippen LogP contribution in [-0.4, -0.2) is 26.5 Å². The van der Waals surface area contributed by atoms with Crippen LogP contribution < -0.4 is 10.5 Å². The van der Waals surface area contributed by atoms with Gasteiger partial charge in [-0.1, -0.05) is 12.1 Å². The zero-order valence-electron chi connectivity index (χ0n) is 10.9. The fraction of sp³-hybridized carbons (Fsp3) is 0.500. The molecule has 18 heavy (non-hydrogen) atoms. The third-order valence-corrected chi connectivity index (χ3v) is 4.93. The summed E-state index contributed by atoms with van der Waals surface area (Å²) in [7, 11) is -3.43. The number of nitrogens with one attached hydrogen (secondary N) is 1. The molecule has 0 saturated carbocycles. The van der Waals surface area contributed by atoms with Crippen LogP contribution in [0.1, 0.15) is 25.5 Å². The Bertz CT molecular complexity index is 469. The highest BCUT2D eigenvalue weighted by atomic mass is 32.2. The van der Waals surface area contributed by atoms with Crippen LogP contribution in [0.3, 0.4) is 0 Å². The molecule has 1 aromatic rings. The normalized spacial score (nSPS) is 15.3. The molecule has 0 fully saturated rings. The first kappa shape index (κ1) is 15.5. The molecule has 0 heterocycles. The lowest BCUT2D eigenvalue weighted by Crippen LogP contribution is -2.34. The number of hydrogen-bond acceptors (Lipinski definition) is 4. The molecule has 2 atom stereocenters. The molecule has 1 aromatic carbocycles. The molecule has 0 bridgehead atoms. The Morgan fingerprint density at radius 3 is 2.28 bits per heavy atom. The molecule has 6 heteroatoms. The summed E-state index contributed by atoms with van der Waals surface area (Å²) in [5.41, 5.74) is 6.65. The van der Waals surface area contributed by atoms with Crippen molar-refractivity contribution in [1.82, 2.24) is 4.72 Å². The van der Waals surface area contributed by atoms with Crippen molar-refractivity contribution >= 4 is 21.8 Å². The summed E-state index contributed by atoms with van der Waals surface area (Å²) in [6, 6.07) is 6.50. The first-order valence-electron chi connectivity index (χ1n) is 5.73. The molecule has 0 amide bonds. The van der Waals surface area contributed by atoms with Gasteiger partial charge in [-0.15, -0.1) is 0 Å². The standard InChI is InChI=1S/C12H20N2O2S2/c1-9(8-17-3)14-18(15,16)12-6-4-11(5-7-12)10(2)13/h4-7,9-10,14H,8,13H2,1-3H3. The fourth-order valence-corrected chi connectivity index (χ4v) is 3.50. The van der Waals surface area contributed by atoms with E-state index in [1.54, 1.807) is 36.0 Å². The second-order valence-electron chi connectivity index (χ2n) is 4.34. The van der Waals surface area contributed by atoms with Gasteiger partial charge in [0.1, 0.15) is 0 Å². The van der Waals surface area contributed by atoms with E-state index in [1.165, 1.54) is 0 Å². The molecule has 2 unspecified atom stereocenters. The van der Waals surface area contributed by atoms with E-state index in [0.717, 1.165) is 11.3 Å². The number of sulfonamides is 1. The largest absolute Gasteiger partial charge is 0.324 e. The predicted octanol–water partition coefficient (Wildman–Crippen LogP) is 1.74. The third-order valence-electron chi connectivity index (χ3n) is 2.49. The van der Waals surface area contributed by atoms with E-state index in [-0.39, 0.29) is 17.0 Å². The molecule has 3 N–H and O–H groups in total. The van der Waals surface area contributed by atoms with E-state index in [9.17, 15) is 8.42 Å². The van der Waals surface area contributed by atoms with Crippen molar-refractivity contribution < 1.29 is 8.42 Å². The predicted molar refractivity (Wildman–Crippen MR) is 77.2 cm³/mol. The molecule has 0 aliphatic carbocycles. The van der Waals surface area contributed by atoms with Gasteiger partial charge in [-0.2, -0.15) is 11.8 Å². The van der Waals surface area contributed by atoms with E-state index in [0.29, 0.717) is 0 Å². The summed E-state index contributed by atoms with van der Waals surface area (Å²) in [6.07, 6.45) is 1.95. The topological polar surface area (TPSA) is 72.2 Å². The average Bonchev–Trinajstić information content (AvgIpc) is 2.28. The Labute approximate surface area is 113 Å². The van der Waals surface area contributed by atoms with Crippen molar-refractivity contribution in [3.63, 3.8) is 0 Å². The van der Waals surface area contributed by atoms with E-state index >= 15 is 0 Å². The molecule has 1 rings (SSSR count). The van der Waals surface area contributed by atoms with Gasteiger partial charge in [0.2, 0.25) is 10.0 Å². The van der Waals surface area contributed by atoms with E-state index in [4.69, 9.17) is 5.73 Å². The zero-order valence-corrected chi connectivity index (χ0v) is 12.5. The Morgan fingerprint density at radius 1 is 1.28 bits per heavy atom. The average molecular weight is 288 g/mol. The maximum atomic E-state index is 12.0. The number of thioether (sulfide) groups is 1. The van der Waals surface area contributed by atoms with Crippen LogP contribution in [0, 0.1) is 0 Å². The van der Waals surface area contributed by atoms with Gasteiger partial charge in [-0.25, -0.2) is 13.1 Å². The molecule has 102 valence electrons. The smallest absolute Gasteiger partial charge is 0.240 e. The van der Waals surface area contributed by atoms with Crippen molar-refractivity contribution in [3.8, 4) is 0 Å². The molecule has 0 spiro atoms. The molecular weight excluding hydrogens is 268 g/mol. The first-order valence-corrected chi connectivity index (χ1v) is 8.61. The van der Waals surface area contributed by atoms with Gasteiger partial charge in [-0.05, 0) is 37.8 Å². The highest BCUT2D eigenvalue weighted by Crippen LogP contribution is 2.15. The Balaban J connectivity index is 2.85. The fourth-order valence-electron chi connectivity index (χ4n) is 1.57. The van der Waals surface area contributed by atoms with E-state index in [2.05, 4.69) is 4.72 Å². The maximum Gasteiger partial charge on any atom is 0.240 e. The molecule has 4 nitrogen and oxygen atoms in total. The zero-order chi connectivity index (χ0) is 13.8. The lowest BCUT2D eigenvalue weighted by molar-refractivity contribution is 0.571. The SMILES string of the molecule is CSCC(C)NS(=O)(=O)c1ccc(C(C)N)cc1. The van der Waals surface area contributed by atoms with Crippen LogP contribution in [0.2, 0.25) is 0 Å². The molecule has 0 aromatic heterocycles. The van der Waals surface area contributed by atoms with Crippen molar-refractivity contribution in [2.75, 3.05) is 12.0 Å². The highest BCUT2D eigenvalue weighted by molar-refractivity contribution is 7.98. The highest BCUT2D eigenvalue weighted by Gasteiger charge is 2.17. The van der Waals surface area contributed by atoms with Gasteiger partial charge < -0.3 is 5.73 Å². The minimum absolute atomic E-state index is 0.0851. The van der Waals surface area contributed by atoms with E-state index in [1.807, 2.05) is 20.1 Å². The van der Waals surface area contributed by atoms with Gasteiger partial charge in [0.25, 0.3) is 0 Å². The van der Waals surface area contributed by atoms with Crippen molar-refractivity contribution in [1.29, 1.82) is 0 Å². The van der Waals surface area contributed by atoms with Crippen LogP contribution in [0.4, 0.5) is 0 Å². The maximum absolute atomic E-state index is 12.0. The van der Waals surface area contributed by atoms with E-state index < -0.39 is 10.0 Å². The Kier molecular flexibility index (Phi) is 5.65. The molecule has 0 aliphatic rings. The lowest BCUT2D eigenvalue weighted by Gasteiger charge is -2.13. The van der Waals surface area contributed by atoms with Crippen molar-refractivity contribution in [2.24, 2.45) is 5.73 Å². The van der Waals surface area contributed by atoms with Crippen LogP contribution in [0.5, 0.6) is 0 Å². The van der Waals surface area contributed by atoms with Crippen LogP contribution in [0.25, 0.3) is 0 Å². The van der Waals surface area contributed by atoms with Gasteiger partial charge in [0, 0.05) is 17.8 Å². The van der Waals surface area contributed by atoms with Gasteiger partial charge in [0.05, 0.1) is 4.90 Å². The number of rotatable bonds is 6. The second-order valence-corrected chi connectivity index (χ2v) is 6.96. The van der Waals surface area contributed by atoms with Crippen LogP contribution >= 0.6 is 11.8 Å². The first-order chi connectivity index (χ1) is 8.36. The Morgan fingerprint density at radius 2 is 1.83 bits per heavy atom. The third kappa shape index (κ3) is 4.28. The minimum Gasteiger partial charge on any atom is -0.324 e. The molecule has 0 aliphatic heterocycles. The summed E-state index contributed by atoms with van der Waals surface area (Å²) < 4.78 is 26.7. The molecular formula is C12H20N2O2S2. The summed E-state index contributed by atoms with van der Waals surface area (Å²) in [4.78, 5) is 0.278. The summed E-state index contributed by atoms with van der Waals surface area (Å²) >= 11 is 1.61. The number of nitrogens with two attached hydrogens (primary N) is 1. The quantitative estimate of drug-likeness (QED) is 0.836. The van der Waals surface area contributed by atoms with Crippen molar-refractivity contribution in [3.05, 3.63) is 29.8 Å². The van der Waals surface area contributed by atoms with Crippen molar-refractivity contribution in [2.45, 2.75) is 30.8 Å². The summed E-state index contributed by atoms with van der Waals surface area (Å²) in [5.74, 6) is 0.747. The molecule has 0 radical (unpaired) electrons. The van der Waals surface area contributed by atoms with Gasteiger partial charge in [-0.3, -0.25) is 0 Å².